The third-order valence-corrected chi connectivity index (χ3v) is 4.64. The molecule has 0 aromatic heterocycles. The van der Waals surface area contributed by atoms with E-state index in [1.165, 1.54) is 38.9 Å². The van der Waals surface area contributed by atoms with E-state index in [1.807, 2.05) is 0 Å². The summed E-state index contributed by atoms with van der Waals surface area (Å²) in [7, 11) is 2.24. The van der Waals surface area contributed by atoms with Gasteiger partial charge < -0.3 is 15.5 Å². The van der Waals surface area contributed by atoms with Crippen LogP contribution in [-0.4, -0.2) is 50.7 Å². The van der Waals surface area contributed by atoms with Crippen LogP contribution >= 0.6 is 0 Å². The van der Waals surface area contributed by atoms with E-state index in [4.69, 9.17) is 0 Å². The zero-order chi connectivity index (χ0) is 12.3. The van der Waals surface area contributed by atoms with Crippen LogP contribution in [0, 0.1) is 11.3 Å². The van der Waals surface area contributed by atoms with Crippen molar-refractivity contribution in [2.45, 2.75) is 39.2 Å². The fraction of sp³-hybridized carbons (Fsp3) is 1.00. The lowest BCUT2D eigenvalue weighted by atomic mass is 9.78. The topological polar surface area (TPSA) is 27.3 Å². The molecule has 2 atom stereocenters. The second kappa shape index (κ2) is 5.68. The number of piperidine rings is 1. The fourth-order valence-corrected chi connectivity index (χ4v) is 3.15. The first-order valence-corrected chi connectivity index (χ1v) is 7.20. The second-order valence-electron chi connectivity index (χ2n) is 6.66. The van der Waals surface area contributed by atoms with Gasteiger partial charge in [0.05, 0.1) is 0 Å². The summed E-state index contributed by atoms with van der Waals surface area (Å²) in [4.78, 5) is 2.47. The highest BCUT2D eigenvalue weighted by Crippen LogP contribution is 2.33. The van der Waals surface area contributed by atoms with Crippen molar-refractivity contribution >= 4 is 0 Å². The number of hydrogen-bond donors (Lipinski definition) is 2. The van der Waals surface area contributed by atoms with Crippen molar-refractivity contribution in [3.63, 3.8) is 0 Å². The molecule has 2 heterocycles. The van der Waals surface area contributed by atoms with Crippen LogP contribution in [0.2, 0.25) is 0 Å². The molecule has 2 unspecified atom stereocenters. The summed E-state index contributed by atoms with van der Waals surface area (Å²) < 4.78 is 0. The summed E-state index contributed by atoms with van der Waals surface area (Å²) in [6.45, 7) is 10.9. The van der Waals surface area contributed by atoms with E-state index in [-0.39, 0.29) is 0 Å². The molecule has 2 N–H and O–H groups in total. The van der Waals surface area contributed by atoms with Gasteiger partial charge in [-0.25, -0.2) is 0 Å². The van der Waals surface area contributed by atoms with E-state index >= 15 is 0 Å². The van der Waals surface area contributed by atoms with E-state index in [0.717, 1.165) is 19.0 Å². The zero-order valence-electron chi connectivity index (χ0n) is 11.8. The zero-order valence-corrected chi connectivity index (χ0v) is 11.8. The van der Waals surface area contributed by atoms with Gasteiger partial charge in [-0.1, -0.05) is 13.8 Å². The molecule has 17 heavy (non-hydrogen) atoms. The molecule has 2 saturated heterocycles. The number of nitrogens with one attached hydrogen (secondary N) is 2. The molecule has 2 fully saturated rings. The van der Waals surface area contributed by atoms with Crippen LogP contribution in [-0.2, 0) is 0 Å². The quantitative estimate of drug-likeness (QED) is 0.774. The molecule has 0 radical (unpaired) electrons. The highest BCUT2D eigenvalue weighted by atomic mass is 15.1. The lowest BCUT2D eigenvalue weighted by molar-refractivity contribution is 0.194. The highest BCUT2D eigenvalue weighted by molar-refractivity contribution is 4.88. The Bertz CT molecular complexity index is 234. The number of hydrogen-bond acceptors (Lipinski definition) is 3. The number of nitrogens with zero attached hydrogens (tertiary/aromatic N) is 1. The SMILES string of the molecule is CN1CCC(C(C)(C)CNC2CCCNC2)C1. The summed E-state index contributed by atoms with van der Waals surface area (Å²) >= 11 is 0. The molecule has 2 rings (SSSR count). The molecule has 0 bridgehead atoms. The number of likely N-dealkylation sites (tertiary alicyclic amines) is 1. The molecule has 2 aliphatic heterocycles. The number of rotatable bonds is 4. The summed E-state index contributed by atoms with van der Waals surface area (Å²) in [5, 5.41) is 7.25. The van der Waals surface area contributed by atoms with Crippen LogP contribution < -0.4 is 10.6 Å². The Morgan fingerprint density at radius 3 is 2.76 bits per heavy atom. The maximum absolute atomic E-state index is 3.77. The van der Waals surface area contributed by atoms with Crippen molar-refractivity contribution in [2.24, 2.45) is 11.3 Å². The minimum Gasteiger partial charge on any atom is -0.315 e. The van der Waals surface area contributed by atoms with E-state index < -0.39 is 0 Å². The molecule has 0 saturated carbocycles. The molecule has 3 heteroatoms. The Balaban J connectivity index is 1.76. The lowest BCUT2D eigenvalue weighted by Gasteiger charge is -2.34. The molecule has 0 spiro atoms. The Hall–Kier alpha value is -0.120. The largest absolute Gasteiger partial charge is 0.315 e. The monoisotopic (exact) mass is 239 g/mol. The third kappa shape index (κ3) is 3.67. The molecule has 3 nitrogen and oxygen atoms in total. The van der Waals surface area contributed by atoms with Gasteiger partial charge in [-0.3, -0.25) is 0 Å². The van der Waals surface area contributed by atoms with Crippen molar-refractivity contribution in [1.82, 2.24) is 15.5 Å². The Morgan fingerprint density at radius 1 is 1.35 bits per heavy atom. The smallest absolute Gasteiger partial charge is 0.0193 e. The van der Waals surface area contributed by atoms with Gasteiger partial charge in [0.15, 0.2) is 0 Å². The van der Waals surface area contributed by atoms with Gasteiger partial charge in [0.2, 0.25) is 0 Å². The third-order valence-electron chi connectivity index (χ3n) is 4.64. The summed E-state index contributed by atoms with van der Waals surface area (Å²) in [6, 6.07) is 0.696. The lowest BCUT2D eigenvalue weighted by Crippen LogP contribution is -2.47. The van der Waals surface area contributed by atoms with Crippen LogP contribution in [0.25, 0.3) is 0 Å². The molecule has 100 valence electrons. The van der Waals surface area contributed by atoms with E-state index in [9.17, 15) is 0 Å². The predicted molar refractivity (Wildman–Crippen MR) is 73.3 cm³/mol. The van der Waals surface area contributed by atoms with Gasteiger partial charge in [-0.2, -0.15) is 0 Å². The molecule has 0 aliphatic carbocycles. The second-order valence-corrected chi connectivity index (χ2v) is 6.66. The van der Waals surface area contributed by atoms with Crippen LogP contribution in [0.5, 0.6) is 0 Å². The van der Waals surface area contributed by atoms with E-state index in [1.54, 1.807) is 0 Å². The first kappa shape index (κ1) is 13.3. The van der Waals surface area contributed by atoms with Gasteiger partial charge in [-0.15, -0.1) is 0 Å². The van der Waals surface area contributed by atoms with Crippen molar-refractivity contribution in [1.29, 1.82) is 0 Å². The van der Waals surface area contributed by atoms with Crippen molar-refractivity contribution in [3.8, 4) is 0 Å². The van der Waals surface area contributed by atoms with Crippen molar-refractivity contribution in [3.05, 3.63) is 0 Å². The van der Waals surface area contributed by atoms with Gasteiger partial charge in [0.1, 0.15) is 0 Å². The van der Waals surface area contributed by atoms with Crippen molar-refractivity contribution < 1.29 is 0 Å². The molecule has 0 aromatic rings. The van der Waals surface area contributed by atoms with Gasteiger partial charge in [0.25, 0.3) is 0 Å². The predicted octanol–water partition coefficient (Wildman–Crippen LogP) is 1.31. The Labute approximate surface area is 106 Å². The molecule has 2 aliphatic rings. The Morgan fingerprint density at radius 2 is 2.18 bits per heavy atom. The molecule has 0 amide bonds. The molecular weight excluding hydrogens is 210 g/mol. The van der Waals surface area contributed by atoms with E-state index in [0.29, 0.717) is 11.5 Å². The summed E-state index contributed by atoms with van der Waals surface area (Å²) in [5.74, 6) is 0.858. The maximum atomic E-state index is 3.77. The molecular formula is C14H29N3. The van der Waals surface area contributed by atoms with E-state index in [2.05, 4.69) is 36.4 Å². The minimum atomic E-state index is 0.433. The standard InChI is InChI=1S/C14H29N3/c1-14(2,12-6-8-17(3)10-12)11-16-13-5-4-7-15-9-13/h12-13,15-16H,4-11H2,1-3H3. The molecule has 0 aromatic carbocycles. The minimum absolute atomic E-state index is 0.433. The fourth-order valence-electron chi connectivity index (χ4n) is 3.15. The van der Waals surface area contributed by atoms with Crippen LogP contribution in [0.4, 0.5) is 0 Å². The maximum Gasteiger partial charge on any atom is 0.0193 e. The summed E-state index contributed by atoms with van der Waals surface area (Å²) in [5.41, 5.74) is 0.433. The van der Waals surface area contributed by atoms with Gasteiger partial charge in [0, 0.05) is 25.7 Å². The van der Waals surface area contributed by atoms with Crippen LogP contribution in [0.15, 0.2) is 0 Å². The average molecular weight is 239 g/mol. The Kier molecular flexibility index (Phi) is 4.45. The summed E-state index contributed by atoms with van der Waals surface area (Å²) in [6.07, 6.45) is 4.03. The van der Waals surface area contributed by atoms with Crippen LogP contribution in [0.3, 0.4) is 0 Å². The normalized spacial score (nSPS) is 31.9. The van der Waals surface area contributed by atoms with Crippen molar-refractivity contribution in [2.75, 3.05) is 39.8 Å². The van der Waals surface area contributed by atoms with Gasteiger partial charge in [-0.05, 0) is 50.7 Å². The average Bonchev–Trinajstić information content (AvgIpc) is 2.76. The highest BCUT2D eigenvalue weighted by Gasteiger charge is 2.34. The first-order valence-electron chi connectivity index (χ1n) is 7.20. The van der Waals surface area contributed by atoms with Crippen LogP contribution in [0.1, 0.15) is 33.1 Å². The van der Waals surface area contributed by atoms with Gasteiger partial charge >= 0.3 is 0 Å². The first-order chi connectivity index (χ1) is 8.08.